The van der Waals surface area contributed by atoms with E-state index in [1.165, 1.54) is 5.56 Å². The van der Waals surface area contributed by atoms with Gasteiger partial charge >= 0.3 is 0 Å². The van der Waals surface area contributed by atoms with E-state index in [1.54, 1.807) is 18.2 Å². The average Bonchev–Trinajstić information content (AvgIpc) is 2.72. The quantitative estimate of drug-likeness (QED) is 0.843. The van der Waals surface area contributed by atoms with Crippen LogP contribution in [-0.2, 0) is 16.4 Å². The number of nitrogens with zero attached hydrogens (tertiary/aromatic N) is 1. The Bertz CT molecular complexity index is 776. The summed E-state index contributed by atoms with van der Waals surface area (Å²) in [5.41, 5.74) is 3.26. The van der Waals surface area contributed by atoms with E-state index >= 15 is 0 Å². The maximum Gasteiger partial charge on any atom is 0.283 e. The first-order chi connectivity index (χ1) is 9.12. The predicted octanol–water partition coefficient (Wildman–Crippen LogP) is 2.79. The van der Waals surface area contributed by atoms with Gasteiger partial charge in [-0.3, -0.25) is 0 Å². The van der Waals surface area contributed by atoms with Crippen molar-refractivity contribution in [3.8, 4) is 0 Å². The summed E-state index contributed by atoms with van der Waals surface area (Å²) in [6.07, 6.45) is 0.912. The summed E-state index contributed by atoms with van der Waals surface area (Å²) >= 11 is 0. The molecule has 0 N–H and O–H groups in total. The van der Waals surface area contributed by atoms with Gasteiger partial charge in [0, 0.05) is 11.1 Å². The molecule has 0 atom stereocenters. The van der Waals surface area contributed by atoms with Gasteiger partial charge in [-0.2, -0.15) is 12.8 Å². The Morgan fingerprint density at radius 1 is 1.05 bits per heavy atom. The van der Waals surface area contributed by atoms with E-state index in [9.17, 15) is 8.42 Å². The van der Waals surface area contributed by atoms with Crippen molar-refractivity contribution >= 4 is 15.7 Å². The zero-order chi connectivity index (χ0) is 13.5. The summed E-state index contributed by atoms with van der Waals surface area (Å²) in [6, 6.07) is 14.8. The Hall–Kier alpha value is -1.94. The number of sulfonamides is 1. The lowest BCUT2D eigenvalue weighted by Gasteiger charge is -2.04. The Kier molecular flexibility index (Phi) is 2.75. The van der Waals surface area contributed by atoms with Crippen LogP contribution in [0, 0.1) is 0 Å². The number of aryl methyl sites for hydroxylation is 1. The van der Waals surface area contributed by atoms with Gasteiger partial charge < -0.3 is 0 Å². The van der Waals surface area contributed by atoms with Gasteiger partial charge in [0.05, 0.1) is 10.6 Å². The van der Waals surface area contributed by atoms with Crippen molar-refractivity contribution in [2.75, 3.05) is 0 Å². The molecule has 2 aromatic carbocycles. The lowest BCUT2D eigenvalue weighted by Crippen LogP contribution is -2.00. The molecule has 0 fully saturated rings. The second kappa shape index (κ2) is 4.31. The van der Waals surface area contributed by atoms with Crippen LogP contribution in [0.5, 0.6) is 0 Å². The molecule has 96 valence electrons. The molecule has 0 amide bonds. The smallest absolute Gasteiger partial charge is 0.199 e. The van der Waals surface area contributed by atoms with Crippen molar-refractivity contribution in [3.63, 3.8) is 0 Å². The van der Waals surface area contributed by atoms with Crippen LogP contribution in [0.1, 0.15) is 23.6 Å². The van der Waals surface area contributed by atoms with E-state index in [4.69, 9.17) is 0 Å². The molecule has 0 bridgehead atoms. The third-order valence-corrected chi connectivity index (χ3v) is 4.57. The predicted molar refractivity (Wildman–Crippen MR) is 75.1 cm³/mol. The van der Waals surface area contributed by atoms with Gasteiger partial charge in [-0.1, -0.05) is 43.3 Å². The highest BCUT2D eigenvalue weighted by Crippen LogP contribution is 2.29. The molecule has 0 spiro atoms. The van der Waals surface area contributed by atoms with Gasteiger partial charge in [-0.25, -0.2) is 0 Å². The molecule has 4 heteroatoms. The highest BCUT2D eigenvalue weighted by atomic mass is 32.2. The minimum absolute atomic E-state index is 0.298. The maximum absolute atomic E-state index is 12.0. The van der Waals surface area contributed by atoms with Crippen molar-refractivity contribution in [1.82, 2.24) is 0 Å². The first kappa shape index (κ1) is 12.1. The van der Waals surface area contributed by atoms with Crippen molar-refractivity contribution in [3.05, 3.63) is 65.2 Å². The Balaban J connectivity index is 2.22. The van der Waals surface area contributed by atoms with Crippen LogP contribution < -0.4 is 0 Å². The Morgan fingerprint density at radius 2 is 1.84 bits per heavy atom. The van der Waals surface area contributed by atoms with Crippen LogP contribution in [0.15, 0.2) is 57.8 Å². The molecule has 3 rings (SSSR count). The number of hydrogen-bond acceptors (Lipinski definition) is 2. The van der Waals surface area contributed by atoms with Crippen molar-refractivity contribution < 1.29 is 8.42 Å². The number of hydrogen-bond donors (Lipinski definition) is 0. The maximum atomic E-state index is 12.0. The van der Waals surface area contributed by atoms with Crippen molar-refractivity contribution in [1.29, 1.82) is 0 Å². The van der Waals surface area contributed by atoms with Gasteiger partial charge in [-0.15, -0.1) is 0 Å². The fourth-order valence-electron chi connectivity index (χ4n) is 2.25. The van der Waals surface area contributed by atoms with Gasteiger partial charge in [0.25, 0.3) is 10.0 Å². The minimum Gasteiger partial charge on any atom is -0.199 e. The molecule has 1 aliphatic rings. The monoisotopic (exact) mass is 271 g/mol. The summed E-state index contributed by atoms with van der Waals surface area (Å²) in [6.45, 7) is 2.07. The molecule has 1 heterocycles. The highest BCUT2D eigenvalue weighted by Gasteiger charge is 2.28. The number of rotatable bonds is 2. The normalized spacial score (nSPS) is 15.9. The zero-order valence-corrected chi connectivity index (χ0v) is 11.3. The van der Waals surface area contributed by atoms with Crippen LogP contribution in [0.2, 0.25) is 0 Å². The molecule has 3 nitrogen and oxygen atoms in total. The van der Waals surface area contributed by atoms with E-state index in [0.29, 0.717) is 16.2 Å². The number of benzene rings is 2. The fraction of sp³-hybridized carbons (Fsp3) is 0.133. The van der Waals surface area contributed by atoms with E-state index in [1.807, 2.05) is 30.3 Å². The standard InChI is InChI=1S/C15H13NO2S/c1-2-11-6-5-7-12(10-11)15-13-8-3-4-9-14(13)19(17,18)16-15/h3-10H,2H2,1H3. The minimum atomic E-state index is -3.53. The molecule has 19 heavy (non-hydrogen) atoms. The lowest BCUT2D eigenvalue weighted by atomic mass is 10.00. The lowest BCUT2D eigenvalue weighted by molar-refractivity contribution is 0.599. The molecule has 1 aliphatic heterocycles. The van der Waals surface area contributed by atoms with Gasteiger partial charge in [-0.05, 0) is 24.1 Å². The van der Waals surface area contributed by atoms with Crippen molar-refractivity contribution in [2.24, 2.45) is 4.40 Å². The van der Waals surface area contributed by atoms with E-state index in [-0.39, 0.29) is 0 Å². The van der Waals surface area contributed by atoms with Gasteiger partial charge in [0.2, 0.25) is 0 Å². The highest BCUT2D eigenvalue weighted by molar-refractivity contribution is 7.90. The second-order valence-electron chi connectivity index (χ2n) is 4.47. The van der Waals surface area contributed by atoms with Crippen molar-refractivity contribution in [2.45, 2.75) is 18.2 Å². The average molecular weight is 271 g/mol. The molecular formula is C15H13NO2S. The van der Waals surface area contributed by atoms with Crippen LogP contribution >= 0.6 is 0 Å². The summed E-state index contributed by atoms with van der Waals surface area (Å²) in [4.78, 5) is 0.298. The fourth-order valence-corrected chi connectivity index (χ4v) is 3.49. The van der Waals surface area contributed by atoms with Crippen LogP contribution in [0.4, 0.5) is 0 Å². The first-order valence-electron chi connectivity index (χ1n) is 6.15. The summed E-state index contributed by atoms with van der Waals surface area (Å²) in [5, 5.41) is 0. The molecule has 0 saturated carbocycles. The first-order valence-corrected chi connectivity index (χ1v) is 7.59. The van der Waals surface area contributed by atoms with Gasteiger partial charge in [0.1, 0.15) is 0 Å². The van der Waals surface area contributed by atoms with E-state index in [0.717, 1.165) is 12.0 Å². The van der Waals surface area contributed by atoms with Crippen LogP contribution in [-0.4, -0.2) is 14.1 Å². The van der Waals surface area contributed by atoms with Crippen LogP contribution in [0.3, 0.4) is 0 Å². The topological polar surface area (TPSA) is 46.5 Å². The Morgan fingerprint density at radius 3 is 2.63 bits per heavy atom. The zero-order valence-electron chi connectivity index (χ0n) is 10.5. The summed E-state index contributed by atoms with van der Waals surface area (Å²) < 4.78 is 27.9. The molecule has 0 saturated heterocycles. The Labute approximate surface area is 112 Å². The summed E-state index contributed by atoms with van der Waals surface area (Å²) in [5.74, 6) is 0. The molecule has 2 aromatic rings. The SMILES string of the molecule is CCc1cccc(C2=NS(=O)(=O)c3ccccc32)c1. The third-order valence-electron chi connectivity index (χ3n) is 3.24. The molecule has 0 unspecified atom stereocenters. The molecule has 0 aliphatic carbocycles. The van der Waals surface area contributed by atoms with Crippen LogP contribution in [0.25, 0.3) is 0 Å². The third kappa shape index (κ3) is 1.98. The molecular weight excluding hydrogens is 258 g/mol. The molecule has 0 aromatic heterocycles. The van der Waals surface area contributed by atoms with Gasteiger partial charge in [0.15, 0.2) is 0 Å². The second-order valence-corrected chi connectivity index (χ2v) is 6.04. The summed E-state index contributed by atoms with van der Waals surface area (Å²) in [7, 11) is -3.53. The van der Waals surface area contributed by atoms with E-state index in [2.05, 4.69) is 11.3 Å². The largest absolute Gasteiger partial charge is 0.283 e. The molecule has 0 radical (unpaired) electrons. The van der Waals surface area contributed by atoms with E-state index < -0.39 is 10.0 Å². The number of fused-ring (bicyclic) bond motifs is 1.